The molecule has 6 N–H and O–H groups in total. The highest BCUT2D eigenvalue weighted by Gasteiger charge is 2.21. The number of carbonyl (C=O) groups excluding carboxylic acids is 1. The third kappa shape index (κ3) is 3.41. The molecule has 0 aliphatic carbocycles. The fraction of sp³-hybridized carbons (Fsp3) is 0.143. The fourth-order valence-corrected chi connectivity index (χ4v) is 2.82. The van der Waals surface area contributed by atoms with Gasteiger partial charge in [0.25, 0.3) is 21.6 Å². The summed E-state index contributed by atoms with van der Waals surface area (Å²) in [7, 11) is -3.43. The molecule has 0 spiro atoms. The predicted molar refractivity (Wildman–Crippen MR) is 91.4 cm³/mol. The number of anilines is 1. The molecule has 138 valence electrons. The molecule has 1 heterocycles. The number of amides is 1. The summed E-state index contributed by atoms with van der Waals surface area (Å²) in [6, 6.07) is 3.40. The molecule has 0 saturated carbocycles. The van der Waals surface area contributed by atoms with Crippen LogP contribution in [0.25, 0.3) is 0 Å². The minimum Gasteiger partial charge on any atom is -0.493 e. The van der Waals surface area contributed by atoms with Crippen molar-refractivity contribution < 1.29 is 22.9 Å². The van der Waals surface area contributed by atoms with E-state index in [2.05, 4.69) is 10.2 Å². The maximum atomic E-state index is 12.0. The van der Waals surface area contributed by atoms with Crippen LogP contribution in [0.3, 0.4) is 0 Å². The maximum absolute atomic E-state index is 12.0. The molecule has 1 aromatic carbocycles. The van der Waals surface area contributed by atoms with E-state index in [1.165, 1.54) is 20.0 Å². The van der Waals surface area contributed by atoms with E-state index >= 15 is 0 Å². The lowest BCUT2D eigenvalue weighted by molar-refractivity contribution is 0.0997. The topological polar surface area (TPSA) is 190 Å². The summed E-state index contributed by atoms with van der Waals surface area (Å²) in [6.07, 6.45) is 0. The summed E-state index contributed by atoms with van der Waals surface area (Å²) in [6.45, 7) is 1.32. The Morgan fingerprint density at radius 2 is 1.88 bits per heavy atom. The number of aromatic nitrogens is 1. The van der Waals surface area contributed by atoms with Crippen molar-refractivity contribution in [2.75, 3.05) is 5.73 Å². The molecule has 0 radical (unpaired) electrons. The first kappa shape index (κ1) is 19.1. The van der Waals surface area contributed by atoms with E-state index in [0.29, 0.717) is 0 Å². The fourth-order valence-electron chi connectivity index (χ4n) is 2.21. The van der Waals surface area contributed by atoms with Crippen molar-refractivity contribution in [1.29, 1.82) is 0 Å². The van der Waals surface area contributed by atoms with Gasteiger partial charge in [-0.15, -0.1) is 10.2 Å². The summed E-state index contributed by atoms with van der Waals surface area (Å²) in [4.78, 5) is 22.9. The van der Waals surface area contributed by atoms with E-state index in [1.807, 2.05) is 0 Å². The number of rotatable bonds is 4. The van der Waals surface area contributed by atoms with E-state index in [-0.39, 0.29) is 22.6 Å². The van der Waals surface area contributed by atoms with Crippen LogP contribution in [0.4, 0.5) is 17.1 Å². The molecule has 0 aliphatic rings. The van der Waals surface area contributed by atoms with E-state index in [4.69, 9.17) is 11.5 Å². The first-order chi connectivity index (χ1) is 11.9. The van der Waals surface area contributed by atoms with Crippen LogP contribution in [-0.4, -0.2) is 28.6 Å². The molecule has 0 unspecified atom stereocenters. The van der Waals surface area contributed by atoms with Crippen molar-refractivity contribution in [2.45, 2.75) is 11.8 Å². The molecule has 0 fully saturated rings. The largest absolute Gasteiger partial charge is 0.493 e. The highest BCUT2D eigenvalue weighted by molar-refractivity contribution is 7.86. The van der Waals surface area contributed by atoms with Crippen molar-refractivity contribution >= 4 is 33.1 Å². The lowest BCUT2D eigenvalue weighted by Gasteiger charge is -2.10. The van der Waals surface area contributed by atoms with Gasteiger partial charge < -0.3 is 16.6 Å². The Kier molecular flexibility index (Phi) is 4.82. The number of azo groups is 1. The van der Waals surface area contributed by atoms with Crippen LogP contribution in [-0.2, 0) is 17.2 Å². The van der Waals surface area contributed by atoms with Gasteiger partial charge in [-0.1, -0.05) is 0 Å². The summed E-state index contributed by atoms with van der Waals surface area (Å²) in [5, 5.41) is 17.5. The molecule has 12 heteroatoms. The van der Waals surface area contributed by atoms with Crippen molar-refractivity contribution in [3.8, 4) is 5.88 Å². The quantitative estimate of drug-likeness (QED) is 0.341. The Balaban J connectivity index is 2.73. The minimum absolute atomic E-state index is 0.0424. The van der Waals surface area contributed by atoms with E-state index in [0.717, 1.165) is 16.7 Å². The van der Waals surface area contributed by atoms with Crippen LogP contribution in [0.5, 0.6) is 5.88 Å². The molecule has 2 aromatic rings. The maximum Gasteiger partial charge on any atom is 0.296 e. The molecule has 0 saturated heterocycles. The van der Waals surface area contributed by atoms with Crippen molar-refractivity contribution in [3.05, 3.63) is 39.7 Å². The summed E-state index contributed by atoms with van der Waals surface area (Å²) < 4.78 is 32.8. The number of benzene rings is 1. The second-order valence-electron chi connectivity index (χ2n) is 5.30. The van der Waals surface area contributed by atoms with Gasteiger partial charge >= 0.3 is 0 Å². The van der Waals surface area contributed by atoms with Crippen molar-refractivity contribution in [3.63, 3.8) is 0 Å². The standard InChI is InChI=1S/C14H15N5O6S/c1-6-10(12(16)20)13(21)19(2)14(22)11(6)18-17-8-5-7(15)3-4-9(8)26(23,24)25/h3-5,22H,15H2,1-2H3,(H2,16,20)(H,23,24,25). The van der Waals surface area contributed by atoms with Crippen LogP contribution in [0.15, 0.2) is 38.1 Å². The van der Waals surface area contributed by atoms with Gasteiger partial charge in [0.2, 0.25) is 5.88 Å². The molecular weight excluding hydrogens is 366 g/mol. The Morgan fingerprint density at radius 3 is 2.42 bits per heavy atom. The van der Waals surface area contributed by atoms with Crippen LogP contribution in [0.1, 0.15) is 15.9 Å². The number of hydrogen-bond acceptors (Lipinski definition) is 8. The van der Waals surface area contributed by atoms with Gasteiger partial charge in [0.05, 0.1) is 0 Å². The Bertz CT molecular complexity index is 1100. The summed E-state index contributed by atoms with van der Waals surface area (Å²) in [5.41, 5.74) is 9.05. The third-order valence-corrected chi connectivity index (χ3v) is 4.44. The molecule has 26 heavy (non-hydrogen) atoms. The van der Waals surface area contributed by atoms with E-state index < -0.39 is 37.9 Å². The van der Waals surface area contributed by atoms with Gasteiger partial charge in [-0.3, -0.25) is 18.7 Å². The average Bonchev–Trinajstić information content (AvgIpc) is 2.51. The Hall–Kier alpha value is -3.25. The second-order valence-corrected chi connectivity index (χ2v) is 6.69. The zero-order valence-electron chi connectivity index (χ0n) is 13.7. The number of carbonyl (C=O) groups is 1. The molecule has 1 amide bonds. The summed E-state index contributed by atoms with van der Waals surface area (Å²) >= 11 is 0. The molecule has 0 bridgehead atoms. The number of nitrogen functional groups attached to an aromatic ring is 1. The normalized spacial score (nSPS) is 11.8. The molecule has 0 atom stereocenters. The number of nitrogens with zero attached hydrogens (tertiary/aromatic N) is 3. The second kappa shape index (κ2) is 6.57. The van der Waals surface area contributed by atoms with Gasteiger partial charge in [0, 0.05) is 18.3 Å². The van der Waals surface area contributed by atoms with Crippen LogP contribution in [0.2, 0.25) is 0 Å². The van der Waals surface area contributed by atoms with E-state index in [1.54, 1.807) is 0 Å². The highest BCUT2D eigenvalue weighted by Crippen LogP contribution is 2.33. The number of pyridine rings is 1. The van der Waals surface area contributed by atoms with Gasteiger partial charge in [0.15, 0.2) is 0 Å². The van der Waals surface area contributed by atoms with Crippen LogP contribution in [0, 0.1) is 6.92 Å². The van der Waals surface area contributed by atoms with Crippen LogP contribution < -0.4 is 17.0 Å². The minimum atomic E-state index is -4.61. The molecule has 2 rings (SSSR count). The molecular formula is C14H15N5O6S. The molecule has 1 aromatic heterocycles. The zero-order valence-corrected chi connectivity index (χ0v) is 14.5. The molecule has 0 aliphatic heterocycles. The highest BCUT2D eigenvalue weighted by atomic mass is 32.2. The smallest absolute Gasteiger partial charge is 0.296 e. The average molecular weight is 381 g/mol. The van der Waals surface area contributed by atoms with Crippen molar-refractivity contribution in [2.24, 2.45) is 23.0 Å². The van der Waals surface area contributed by atoms with Gasteiger partial charge in [0.1, 0.15) is 21.8 Å². The first-order valence-corrected chi connectivity index (χ1v) is 8.40. The SMILES string of the molecule is Cc1c(N=Nc2cc(N)ccc2S(=O)(=O)O)c(O)n(C)c(=O)c1C(N)=O. The summed E-state index contributed by atoms with van der Waals surface area (Å²) in [5.74, 6) is -1.64. The van der Waals surface area contributed by atoms with E-state index in [9.17, 15) is 27.7 Å². The predicted octanol–water partition coefficient (Wildman–Crippen LogP) is 0.743. The lowest BCUT2D eigenvalue weighted by atomic mass is 10.1. The van der Waals surface area contributed by atoms with Gasteiger partial charge in [-0.25, -0.2) is 0 Å². The molecule has 11 nitrogen and oxygen atoms in total. The van der Waals surface area contributed by atoms with Gasteiger partial charge in [-0.2, -0.15) is 8.42 Å². The van der Waals surface area contributed by atoms with Crippen LogP contribution >= 0.6 is 0 Å². The Labute approximate surface area is 147 Å². The first-order valence-electron chi connectivity index (χ1n) is 6.96. The Morgan fingerprint density at radius 1 is 1.27 bits per heavy atom. The zero-order chi connectivity index (χ0) is 19.8. The number of aromatic hydroxyl groups is 1. The number of hydrogen-bond donors (Lipinski definition) is 4. The third-order valence-electron chi connectivity index (χ3n) is 3.54. The monoisotopic (exact) mass is 381 g/mol. The number of nitrogens with two attached hydrogens (primary N) is 2. The van der Waals surface area contributed by atoms with Crippen molar-refractivity contribution in [1.82, 2.24) is 4.57 Å². The van der Waals surface area contributed by atoms with Gasteiger partial charge in [-0.05, 0) is 25.1 Å². The number of primary amides is 1. The lowest BCUT2D eigenvalue weighted by Crippen LogP contribution is -2.29.